The van der Waals surface area contributed by atoms with Crippen LogP contribution in [0.25, 0.3) is 10.2 Å². The first kappa shape index (κ1) is 22.2. The molecule has 1 unspecified atom stereocenters. The van der Waals surface area contributed by atoms with Crippen molar-refractivity contribution in [1.82, 2.24) is 19.7 Å². The van der Waals surface area contributed by atoms with E-state index in [1.54, 1.807) is 12.7 Å². The number of nitrogens with zero attached hydrogens (tertiary/aromatic N) is 4. The van der Waals surface area contributed by atoms with Crippen molar-refractivity contribution < 1.29 is 14.6 Å². The third-order valence-corrected chi connectivity index (χ3v) is 7.20. The van der Waals surface area contributed by atoms with Gasteiger partial charge in [0.1, 0.15) is 24.7 Å². The maximum atomic E-state index is 11.7. The van der Waals surface area contributed by atoms with Gasteiger partial charge in [-0.1, -0.05) is 57.9 Å². The van der Waals surface area contributed by atoms with Crippen LogP contribution in [0, 0.1) is 11.3 Å². The summed E-state index contributed by atoms with van der Waals surface area (Å²) in [6, 6.07) is 6.44. The van der Waals surface area contributed by atoms with E-state index in [-0.39, 0.29) is 12.6 Å². The molecule has 0 aliphatic rings. The molecule has 162 valence electrons. The quantitative estimate of drug-likeness (QED) is 0.451. The van der Waals surface area contributed by atoms with E-state index in [1.807, 2.05) is 19.9 Å². The summed E-state index contributed by atoms with van der Waals surface area (Å²) in [5.74, 6) is -0.356. The monoisotopic (exact) mass is 430 g/mol. The molecule has 8 heteroatoms. The van der Waals surface area contributed by atoms with Crippen molar-refractivity contribution in [2.45, 2.75) is 59.4 Å². The van der Waals surface area contributed by atoms with E-state index in [1.165, 1.54) is 16.9 Å². The van der Waals surface area contributed by atoms with Gasteiger partial charge in [0.2, 0.25) is 0 Å². The Morgan fingerprint density at radius 3 is 2.40 bits per heavy atom. The fraction of sp³-hybridized carbons (Fsp3) is 0.545. The van der Waals surface area contributed by atoms with E-state index >= 15 is 0 Å². The molecule has 1 aromatic carbocycles. The summed E-state index contributed by atoms with van der Waals surface area (Å²) in [6.07, 6.45) is 6.69. The number of benzene rings is 1. The van der Waals surface area contributed by atoms with E-state index in [2.05, 4.69) is 45.7 Å². The Morgan fingerprint density at radius 1 is 1.17 bits per heavy atom. The van der Waals surface area contributed by atoms with Crippen LogP contribution in [-0.4, -0.2) is 37.4 Å². The average molecular weight is 431 g/mol. The van der Waals surface area contributed by atoms with Gasteiger partial charge in [0.05, 0.1) is 16.3 Å². The highest BCUT2D eigenvalue weighted by molar-refractivity contribution is 7.20. The summed E-state index contributed by atoms with van der Waals surface area (Å²) in [5.41, 5.74) is 1.17. The molecule has 3 rings (SSSR count). The van der Waals surface area contributed by atoms with E-state index in [0.717, 1.165) is 23.1 Å². The molecule has 0 aliphatic carbocycles. The molecule has 0 amide bonds. The summed E-state index contributed by atoms with van der Waals surface area (Å²) < 4.78 is 8.96. The normalized spacial score (nSPS) is 13.1. The van der Waals surface area contributed by atoms with Gasteiger partial charge in [0.15, 0.2) is 0 Å². The maximum Gasteiger partial charge on any atom is 0.313 e. The Morgan fingerprint density at radius 2 is 1.83 bits per heavy atom. The van der Waals surface area contributed by atoms with Crippen LogP contribution in [0.3, 0.4) is 0 Å². The molecule has 0 saturated heterocycles. The molecule has 7 nitrogen and oxygen atoms in total. The number of hydrogen-bond acceptors (Lipinski definition) is 6. The van der Waals surface area contributed by atoms with Crippen molar-refractivity contribution in [3.63, 3.8) is 0 Å². The van der Waals surface area contributed by atoms with Crippen LogP contribution in [0.15, 0.2) is 30.9 Å². The molecule has 3 aromatic rings. The highest BCUT2D eigenvalue weighted by Gasteiger charge is 2.36. The largest absolute Gasteiger partial charge is 0.481 e. The topological polar surface area (TPSA) is 90.1 Å². The van der Waals surface area contributed by atoms with Gasteiger partial charge in [-0.05, 0) is 36.5 Å². The molecule has 0 fully saturated rings. The van der Waals surface area contributed by atoms with Gasteiger partial charge in [-0.2, -0.15) is 0 Å². The summed E-state index contributed by atoms with van der Waals surface area (Å²) >= 11 is 1.46. The maximum absolute atomic E-state index is 11.7. The van der Waals surface area contributed by atoms with E-state index < -0.39 is 11.4 Å². The van der Waals surface area contributed by atoms with Crippen LogP contribution in [0.2, 0.25) is 0 Å². The second kappa shape index (κ2) is 9.55. The van der Waals surface area contributed by atoms with Crippen molar-refractivity contribution in [3.8, 4) is 5.19 Å². The molecule has 1 atom stereocenters. The Balaban J connectivity index is 1.89. The lowest BCUT2D eigenvalue weighted by Gasteiger charge is -2.26. The van der Waals surface area contributed by atoms with Gasteiger partial charge in [0.25, 0.3) is 5.19 Å². The van der Waals surface area contributed by atoms with Gasteiger partial charge in [-0.15, -0.1) is 10.2 Å². The lowest BCUT2D eigenvalue weighted by atomic mass is 9.83. The number of rotatable bonds is 11. The summed E-state index contributed by atoms with van der Waals surface area (Å²) in [6.45, 7) is 8.31. The molecule has 0 bridgehead atoms. The van der Waals surface area contributed by atoms with E-state index in [9.17, 15) is 9.90 Å². The molecule has 0 radical (unpaired) electrons. The lowest BCUT2D eigenvalue weighted by molar-refractivity contribution is -0.151. The number of carbonyl (C=O) groups is 1. The SMILES string of the molecule is CCC(CC)C(c1ccc2nc(OCC(CC)(CC)C(=O)O)sc2c1)n1cnnc1. The first-order valence-electron chi connectivity index (χ1n) is 10.6. The Bertz CT molecular complexity index is 962. The predicted molar refractivity (Wildman–Crippen MR) is 118 cm³/mol. The van der Waals surface area contributed by atoms with Crippen molar-refractivity contribution in [3.05, 3.63) is 36.4 Å². The van der Waals surface area contributed by atoms with Gasteiger partial charge in [-0.3, -0.25) is 4.79 Å². The van der Waals surface area contributed by atoms with Crippen molar-refractivity contribution in [1.29, 1.82) is 0 Å². The second-order valence-electron chi connectivity index (χ2n) is 7.72. The van der Waals surface area contributed by atoms with Gasteiger partial charge in [0, 0.05) is 0 Å². The zero-order valence-corrected chi connectivity index (χ0v) is 18.9. The smallest absolute Gasteiger partial charge is 0.313 e. The minimum atomic E-state index is -0.877. The Kier molecular flexibility index (Phi) is 7.07. The average Bonchev–Trinajstić information content (AvgIpc) is 3.42. The molecule has 0 spiro atoms. The van der Waals surface area contributed by atoms with Crippen LogP contribution in [-0.2, 0) is 4.79 Å². The fourth-order valence-electron chi connectivity index (χ4n) is 3.96. The van der Waals surface area contributed by atoms with Crippen molar-refractivity contribution >= 4 is 27.5 Å². The van der Waals surface area contributed by atoms with Crippen molar-refractivity contribution in [2.75, 3.05) is 6.61 Å². The van der Waals surface area contributed by atoms with Crippen LogP contribution in [0.1, 0.15) is 65.0 Å². The number of aromatic nitrogens is 4. The zero-order valence-electron chi connectivity index (χ0n) is 18.0. The number of carboxylic acid groups (broad SMARTS) is 1. The van der Waals surface area contributed by atoms with Gasteiger partial charge >= 0.3 is 5.97 Å². The number of ether oxygens (including phenoxy) is 1. The van der Waals surface area contributed by atoms with Crippen LogP contribution < -0.4 is 4.74 Å². The summed E-state index contributed by atoms with van der Waals surface area (Å²) in [7, 11) is 0. The highest BCUT2D eigenvalue weighted by atomic mass is 32.1. The number of carboxylic acids is 1. The molecular formula is C22H30N4O3S. The second-order valence-corrected chi connectivity index (χ2v) is 8.71. The lowest BCUT2D eigenvalue weighted by Crippen LogP contribution is -2.36. The summed E-state index contributed by atoms with van der Waals surface area (Å²) in [5, 5.41) is 18.1. The molecule has 2 heterocycles. The molecule has 30 heavy (non-hydrogen) atoms. The minimum absolute atomic E-state index is 0.124. The zero-order chi connectivity index (χ0) is 21.7. The van der Waals surface area contributed by atoms with Gasteiger partial charge in [-0.25, -0.2) is 4.98 Å². The minimum Gasteiger partial charge on any atom is -0.481 e. The van der Waals surface area contributed by atoms with Crippen LogP contribution in [0.5, 0.6) is 5.19 Å². The standard InChI is InChI=1S/C22H30N4O3S/c1-5-15(6-2)19(26-13-23-24-14-26)16-9-10-17-18(11-16)30-21(25-17)29-12-22(7-3,8-4)20(27)28/h9-11,13-15,19H,5-8,12H2,1-4H3,(H,27,28). The predicted octanol–water partition coefficient (Wildman–Crippen LogP) is 5.18. The first-order chi connectivity index (χ1) is 14.5. The highest BCUT2D eigenvalue weighted by Crippen LogP contribution is 2.36. The first-order valence-corrected chi connectivity index (χ1v) is 11.4. The Hall–Kier alpha value is -2.48. The van der Waals surface area contributed by atoms with Crippen molar-refractivity contribution in [2.24, 2.45) is 11.3 Å². The van der Waals surface area contributed by atoms with E-state index in [4.69, 9.17) is 4.74 Å². The number of hydrogen-bond donors (Lipinski definition) is 1. The third-order valence-electron chi connectivity index (χ3n) is 6.27. The van der Waals surface area contributed by atoms with E-state index in [0.29, 0.717) is 24.0 Å². The number of aliphatic carboxylic acids is 1. The molecule has 2 aromatic heterocycles. The summed E-state index contributed by atoms with van der Waals surface area (Å²) in [4.78, 5) is 16.3. The van der Waals surface area contributed by atoms with Crippen LogP contribution in [0.4, 0.5) is 0 Å². The molecular weight excluding hydrogens is 400 g/mol. The van der Waals surface area contributed by atoms with Gasteiger partial charge < -0.3 is 14.4 Å². The molecule has 0 aliphatic heterocycles. The Labute approximate surface area is 181 Å². The molecule has 0 saturated carbocycles. The number of fused-ring (bicyclic) bond motifs is 1. The van der Waals surface area contributed by atoms with Crippen LogP contribution >= 0.6 is 11.3 Å². The number of thiazole rings is 1. The molecule has 1 N–H and O–H groups in total. The third kappa shape index (κ3) is 4.33. The fourth-order valence-corrected chi connectivity index (χ4v) is 4.82.